The topological polar surface area (TPSA) is 15.3 Å². The summed E-state index contributed by atoms with van der Waals surface area (Å²) in [6, 6.07) is 0.718. The molecule has 74 valence electrons. The number of hydrogen-bond acceptors (Lipinski definition) is 2. The van der Waals surface area contributed by atoms with E-state index in [0.29, 0.717) is 0 Å². The van der Waals surface area contributed by atoms with Crippen molar-refractivity contribution < 1.29 is 0 Å². The number of hydrogen-bond donors (Lipinski definition) is 1. The van der Waals surface area contributed by atoms with Crippen molar-refractivity contribution in [3.05, 3.63) is 0 Å². The van der Waals surface area contributed by atoms with Crippen LogP contribution in [0.5, 0.6) is 0 Å². The van der Waals surface area contributed by atoms with Gasteiger partial charge in [-0.2, -0.15) is 0 Å². The van der Waals surface area contributed by atoms with E-state index in [4.69, 9.17) is 6.42 Å². The maximum absolute atomic E-state index is 5.20. The van der Waals surface area contributed by atoms with E-state index < -0.39 is 0 Å². The zero-order chi connectivity index (χ0) is 9.52. The Bertz CT molecular complexity index is 165. The number of nitrogens with zero attached hydrogens (tertiary/aromatic N) is 1. The van der Waals surface area contributed by atoms with Crippen molar-refractivity contribution in [2.45, 2.75) is 31.7 Å². The molecule has 0 aromatic carbocycles. The number of nitrogens with one attached hydrogen (secondary N) is 1. The summed E-state index contributed by atoms with van der Waals surface area (Å²) >= 11 is 0. The van der Waals surface area contributed by atoms with E-state index in [1.807, 2.05) is 0 Å². The predicted molar refractivity (Wildman–Crippen MR) is 56.6 cm³/mol. The Kier molecular flexibility index (Phi) is 4.88. The van der Waals surface area contributed by atoms with Gasteiger partial charge in [0.1, 0.15) is 0 Å². The fourth-order valence-electron chi connectivity index (χ4n) is 1.83. The van der Waals surface area contributed by atoms with Gasteiger partial charge in [0.2, 0.25) is 0 Å². The van der Waals surface area contributed by atoms with Crippen LogP contribution >= 0.6 is 0 Å². The highest BCUT2D eigenvalue weighted by Gasteiger charge is 2.15. The van der Waals surface area contributed by atoms with Crippen LogP contribution in [0, 0.1) is 12.3 Å². The summed E-state index contributed by atoms with van der Waals surface area (Å²) in [6.07, 6.45) is 9.90. The Morgan fingerprint density at radius 1 is 1.62 bits per heavy atom. The molecule has 0 aromatic rings. The van der Waals surface area contributed by atoms with Crippen LogP contribution in [0.3, 0.4) is 0 Å². The lowest BCUT2D eigenvalue weighted by Crippen LogP contribution is -2.35. The molecule has 0 saturated carbocycles. The second-order valence-electron chi connectivity index (χ2n) is 3.86. The first-order valence-corrected chi connectivity index (χ1v) is 5.18. The van der Waals surface area contributed by atoms with Gasteiger partial charge in [-0.3, -0.25) is 0 Å². The second kappa shape index (κ2) is 6.01. The van der Waals surface area contributed by atoms with Crippen molar-refractivity contribution in [3.8, 4) is 12.3 Å². The van der Waals surface area contributed by atoms with Gasteiger partial charge in [-0.05, 0) is 39.4 Å². The molecule has 2 nitrogen and oxygen atoms in total. The van der Waals surface area contributed by atoms with Crippen molar-refractivity contribution in [1.82, 2.24) is 10.2 Å². The molecule has 1 saturated heterocycles. The van der Waals surface area contributed by atoms with Crippen molar-refractivity contribution in [1.29, 1.82) is 0 Å². The summed E-state index contributed by atoms with van der Waals surface area (Å²) in [5.41, 5.74) is 0. The Hall–Kier alpha value is -0.520. The molecule has 13 heavy (non-hydrogen) atoms. The van der Waals surface area contributed by atoms with E-state index in [9.17, 15) is 0 Å². The number of likely N-dealkylation sites (N-methyl/N-ethyl adjacent to an activating group) is 1. The third-order valence-electron chi connectivity index (χ3n) is 2.56. The van der Waals surface area contributed by atoms with E-state index in [0.717, 1.165) is 25.4 Å². The minimum atomic E-state index is 0.718. The van der Waals surface area contributed by atoms with Crippen LogP contribution in [0.4, 0.5) is 0 Å². The third kappa shape index (κ3) is 4.31. The van der Waals surface area contributed by atoms with E-state index >= 15 is 0 Å². The molecule has 1 unspecified atom stereocenters. The first-order valence-electron chi connectivity index (χ1n) is 5.18. The minimum absolute atomic E-state index is 0.718. The van der Waals surface area contributed by atoms with Gasteiger partial charge in [-0.1, -0.05) is 0 Å². The number of terminal acetylenes is 1. The van der Waals surface area contributed by atoms with Crippen LogP contribution in [0.1, 0.15) is 25.7 Å². The highest BCUT2D eigenvalue weighted by atomic mass is 15.1. The van der Waals surface area contributed by atoms with Gasteiger partial charge >= 0.3 is 0 Å². The van der Waals surface area contributed by atoms with Gasteiger partial charge in [-0.25, -0.2) is 0 Å². The average molecular weight is 180 g/mol. The fraction of sp³-hybridized carbons (Fsp3) is 0.818. The van der Waals surface area contributed by atoms with Gasteiger partial charge in [-0.15, -0.1) is 12.3 Å². The molecule has 1 fully saturated rings. The molecule has 0 amide bonds. The van der Waals surface area contributed by atoms with Crippen molar-refractivity contribution in [2.75, 3.05) is 26.7 Å². The normalized spacial score (nSPS) is 22.1. The van der Waals surface area contributed by atoms with E-state index in [-0.39, 0.29) is 0 Å². The highest BCUT2D eigenvalue weighted by molar-refractivity contribution is 4.83. The van der Waals surface area contributed by atoms with Crippen molar-refractivity contribution in [3.63, 3.8) is 0 Å². The molecule has 0 aromatic heterocycles. The number of unbranched alkanes of at least 4 members (excludes halogenated alkanes) is 1. The lowest BCUT2D eigenvalue weighted by atomic mass is 10.2. The molecule has 0 aliphatic carbocycles. The SMILES string of the molecule is C#CCCCN(C)CC1CCCN1. The smallest absolute Gasteiger partial charge is 0.0195 e. The van der Waals surface area contributed by atoms with Gasteiger partial charge in [0.05, 0.1) is 0 Å². The van der Waals surface area contributed by atoms with Gasteiger partial charge < -0.3 is 10.2 Å². The second-order valence-corrected chi connectivity index (χ2v) is 3.86. The van der Waals surface area contributed by atoms with Crippen LogP contribution in [-0.4, -0.2) is 37.6 Å². The average Bonchev–Trinajstić information content (AvgIpc) is 2.57. The van der Waals surface area contributed by atoms with Crippen LogP contribution in [0.15, 0.2) is 0 Å². The van der Waals surface area contributed by atoms with Gasteiger partial charge in [0.15, 0.2) is 0 Å². The lowest BCUT2D eigenvalue weighted by Gasteiger charge is -2.20. The summed E-state index contributed by atoms with van der Waals surface area (Å²) < 4.78 is 0. The zero-order valence-electron chi connectivity index (χ0n) is 8.55. The molecule has 1 atom stereocenters. The molecule has 2 heteroatoms. The Morgan fingerprint density at radius 2 is 2.46 bits per heavy atom. The zero-order valence-corrected chi connectivity index (χ0v) is 8.55. The van der Waals surface area contributed by atoms with Crippen LogP contribution in [0.25, 0.3) is 0 Å². The Labute approximate surface area is 81.7 Å². The maximum atomic E-state index is 5.20. The minimum Gasteiger partial charge on any atom is -0.313 e. The summed E-state index contributed by atoms with van der Waals surface area (Å²) in [5, 5.41) is 3.50. The van der Waals surface area contributed by atoms with Gasteiger partial charge in [0, 0.05) is 19.0 Å². The molecule has 0 radical (unpaired) electrons. The predicted octanol–water partition coefficient (Wildman–Crippen LogP) is 1.08. The summed E-state index contributed by atoms with van der Waals surface area (Å²) in [6.45, 7) is 3.50. The van der Waals surface area contributed by atoms with Crippen molar-refractivity contribution >= 4 is 0 Å². The molecular formula is C11H20N2. The van der Waals surface area contributed by atoms with E-state index in [1.165, 1.54) is 25.9 Å². The van der Waals surface area contributed by atoms with Crippen LogP contribution in [0.2, 0.25) is 0 Å². The first-order chi connectivity index (χ1) is 6.33. The molecule has 1 aliphatic rings. The van der Waals surface area contributed by atoms with E-state index in [1.54, 1.807) is 0 Å². The molecule has 1 N–H and O–H groups in total. The quantitative estimate of drug-likeness (QED) is 0.503. The Balaban J connectivity index is 2.03. The summed E-state index contributed by atoms with van der Waals surface area (Å²) in [4.78, 5) is 2.38. The molecule has 1 rings (SSSR count). The molecule has 1 aliphatic heterocycles. The molecular weight excluding hydrogens is 160 g/mol. The highest BCUT2D eigenvalue weighted by Crippen LogP contribution is 2.06. The Morgan fingerprint density at radius 3 is 3.08 bits per heavy atom. The first kappa shape index (κ1) is 10.6. The van der Waals surface area contributed by atoms with Gasteiger partial charge in [0.25, 0.3) is 0 Å². The molecule has 1 heterocycles. The van der Waals surface area contributed by atoms with E-state index in [2.05, 4.69) is 23.2 Å². The third-order valence-corrected chi connectivity index (χ3v) is 2.56. The maximum Gasteiger partial charge on any atom is 0.0195 e. The summed E-state index contributed by atoms with van der Waals surface area (Å²) in [7, 11) is 2.18. The fourth-order valence-corrected chi connectivity index (χ4v) is 1.83. The summed E-state index contributed by atoms with van der Waals surface area (Å²) in [5.74, 6) is 2.67. The molecule has 0 bridgehead atoms. The number of rotatable bonds is 5. The lowest BCUT2D eigenvalue weighted by molar-refractivity contribution is 0.298. The van der Waals surface area contributed by atoms with Crippen molar-refractivity contribution in [2.24, 2.45) is 0 Å². The van der Waals surface area contributed by atoms with Crippen LogP contribution < -0.4 is 5.32 Å². The molecule has 0 spiro atoms. The van der Waals surface area contributed by atoms with Crippen LogP contribution in [-0.2, 0) is 0 Å². The largest absolute Gasteiger partial charge is 0.313 e. The monoisotopic (exact) mass is 180 g/mol. The standard InChI is InChI=1S/C11H20N2/c1-3-4-5-9-13(2)10-11-7-6-8-12-11/h1,11-12H,4-10H2,2H3.